The summed E-state index contributed by atoms with van der Waals surface area (Å²) in [5.41, 5.74) is 1.48. The zero-order chi connectivity index (χ0) is 14.4. The number of nitrogens with one attached hydrogen (secondary N) is 1. The van der Waals surface area contributed by atoms with E-state index in [2.05, 4.69) is 10.3 Å². The molecule has 1 aromatic carbocycles. The summed E-state index contributed by atoms with van der Waals surface area (Å²) in [5.74, 6) is 0.0404. The number of amides is 1. The highest BCUT2D eigenvalue weighted by atomic mass is 16.4. The van der Waals surface area contributed by atoms with Gasteiger partial charge in [-0.25, -0.2) is 4.79 Å². The van der Waals surface area contributed by atoms with Gasteiger partial charge in [-0.2, -0.15) is 0 Å². The van der Waals surface area contributed by atoms with Gasteiger partial charge in [-0.15, -0.1) is 0 Å². The van der Waals surface area contributed by atoms with Crippen LogP contribution < -0.4 is 5.32 Å². The molecule has 0 fully saturated rings. The van der Waals surface area contributed by atoms with Crippen molar-refractivity contribution in [2.24, 2.45) is 0 Å². The number of carbonyl (C=O) groups is 2. The third-order valence-electron chi connectivity index (χ3n) is 3.02. The van der Waals surface area contributed by atoms with Gasteiger partial charge in [-0.05, 0) is 25.0 Å². The van der Waals surface area contributed by atoms with Crippen LogP contribution in [0.2, 0.25) is 0 Å². The molecule has 20 heavy (non-hydrogen) atoms. The van der Waals surface area contributed by atoms with Gasteiger partial charge in [-0.3, -0.25) is 9.78 Å². The van der Waals surface area contributed by atoms with Crippen molar-refractivity contribution in [3.05, 3.63) is 42.1 Å². The molecule has 2 N–H and O–H groups in total. The number of hydrogen-bond donors (Lipinski definition) is 2. The van der Waals surface area contributed by atoms with E-state index in [0.717, 1.165) is 10.9 Å². The molecule has 0 spiro atoms. The van der Waals surface area contributed by atoms with Crippen LogP contribution in [0.5, 0.6) is 0 Å². The third kappa shape index (κ3) is 3.78. The molecule has 0 saturated carbocycles. The minimum Gasteiger partial charge on any atom is -0.465 e. The van der Waals surface area contributed by atoms with Crippen molar-refractivity contribution in [3.8, 4) is 0 Å². The molecule has 0 aliphatic heterocycles. The van der Waals surface area contributed by atoms with E-state index >= 15 is 0 Å². The SMILES string of the molecule is O=C(O)NCCCCC(=O)c1cnc2ccccc2c1. The van der Waals surface area contributed by atoms with Gasteiger partial charge >= 0.3 is 6.09 Å². The number of carbonyl (C=O) groups excluding carboxylic acids is 1. The fourth-order valence-corrected chi connectivity index (χ4v) is 1.97. The predicted molar refractivity (Wildman–Crippen MR) is 76.0 cm³/mol. The number of aromatic nitrogens is 1. The summed E-state index contributed by atoms with van der Waals surface area (Å²) in [6.07, 6.45) is 2.28. The first-order valence-corrected chi connectivity index (χ1v) is 6.51. The monoisotopic (exact) mass is 272 g/mol. The lowest BCUT2D eigenvalue weighted by atomic mass is 10.1. The molecule has 0 unspecified atom stereocenters. The lowest BCUT2D eigenvalue weighted by Gasteiger charge is -2.03. The number of benzene rings is 1. The molecule has 0 atom stereocenters. The molecule has 0 bridgehead atoms. The summed E-state index contributed by atoms with van der Waals surface area (Å²) in [6, 6.07) is 9.50. The van der Waals surface area contributed by atoms with Gasteiger partial charge in [0.05, 0.1) is 5.52 Å². The van der Waals surface area contributed by atoms with Crippen LogP contribution in [0, 0.1) is 0 Å². The Morgan fingerprint density at radius 1 is 1.20 bits per heavy atom. The first-order valence-electron chi connectivity index (χ1n) is 6.51. The topological polar surface area (TPSA) is 79.3 Å². The number of rotatable bonds is 6. The van der Waals surface area contributed by atoms with E-state index in [9.17, 15) is 9.59 Å². The van der Waals surface area contributed by atoms with E-state index in [-0.39, 0.29) is 5.78 Å². The van der Waals surface area contributed by atoms with Gasteiger partial charge < -0.3 is 10.4 Å². The number of pyridine rings is 1. The van der Waals surface area contributed by atoms with Crippen molar-refractivity contribution in [2.45, 2.75) is 19.3 Å². The van der Waals surface area contributed by atoms with Gasteiger partial charge in [-0.1, -0.05) is 18.2 Å². The highest BCUT2D eigenvalue weighted by molar-refractivity contribution is 5.98. The molecule has 1 amide bonds. The second kappa shape index (κ2) is 6.65. The average Bonchev–Trinajstić information content (AvgIpc) is 2.46. The quantitative estimate of drug-likeness (QED) is 0.626. The molecule has 5 nitrogen and oxygen atoms in total. The second-order valence-electron chi connectivity index (χ2n) is 4.53. The number of para-hydroxylation sites is 1. The third-order valence-corrected chi connectivity index (χ3v) is 3.02. The largest absolute Gasteiger partial charge is 0.465 e. The molecule has 0 aliphatic carbocycles. The van der Waals surface area contributed by atoms with Crippen molar-refractivity contribution in [1.82, 2.24) is 10.3 Å². The second-order valence-corrected chi connectivity index (χ2v) is 4.53. The lowest BCUT2D eigenvalue weighted by Crippen LogP contribution is -2.21. The van der Waals surface area contributed by atoms with Crippen LogP contribution in [-0.4, -0.2) is 28.5 Å². The van der Waals surface area contributed by atoms with Crippen LogP contribution in [0.15, 0.2) is 36.5 Å². The van der Waals surface area contributed by atoms with E-state index in [0.29, 0.717) is 31.4 Å². The Morgan fingerprint density at radius 3 is 2.80 bits per heavy atom. The first kappa shape index (κ1) is 14.0. The molecule has 104 valence electrons. The minimum absolute atomic E-state index is 0.0404. The van der Waals surface area contributed by atoms with E-state index in [1.165, 1.54) is 0 Å². The van der Waals surface area contributed by atoms with E-state index in [1.54, 1.807) is 6.20 Å². The van der Waals surface area contributed by atoms with Crippen molar-refractivity contribution in [1.29, 1.82) is 0 Å². The highest BCUT2D eigenvalue weighted by Crippen LogP contribution is 2.14. The van der Waals surface area contributed by atoms with E-state index < -0.39 is 6.09 Å². The number of carboxylic acid groups (broad SMARTS) is 1. The van der Waals surface area contributed by atoms with Crippen molar-refractivity contribution in [2.75, 3.05) is 6.54 Å². The fourth-order valence-electron chi connectivity index (χ4n) is 1.97. The lowest BCUT2D eigenvalue weighted by molar-refractivity contribution is 0.0979. The Labute approximate surface area is 116 Å². The normalized spacial score (nSPS) is 10.4. The molecule has 0 saturated heterocycles. The van der Waals surface area contributed by atoms with Crippen LogP contribution in [-0.2, 0) is 0 Å². The summed E-state index contributed by atoms with van der Waals surface area (Å²) in [6.45, 7) is 0.374. The van der Waals surface area contributed by atoms with Crippen molar-refractivity contribution in [3.63, 3.8) is 0 Å². The number of hydrogen-bond acceptors (Lipinski definition) is 3. The van der Waals surface area contributed by atoms with Gasteiger partial charge in [0.2, 0.25) is 0 Å². The predicted octanol–water partition coefficient (Wildman–Crippen LogP) is 2.86. The summed E-state index contributed by atoms with van der Waals surface area (Å²) < 4.78 is 0. The number of nitrogens with zero attached hydrogens (tertiary/aromatic N) is 1. The van der Waals surface area contributed by atoms with Crippen LogP contribution >= 0.6 is 0 Å². The maximum absolute atomic E-state index is 12.0. The summed E-state index contributed by atoms with van der Waals surface area (Å²) in [4.78, 5) is 26.5. The highest BCUT2D eigenvalue weighted by Gasteiger charge is 2.07. The smallest absolute Gasteiger partial charge is 0.404 e. The van der Waals surface area contributed by atoms with Gasteiger partial charge in [0.25, 0.3) is 0 Å². The molecule has 1 aromatic heterocycles. The minimum atomic E-state index is -1.03. The molecule has 2 aromatic rings. The Morgan fingerprint density at radius 2 is 2.00 bits per heavy atom. The van der Waals surface area contributed by atoms with Crippen LogP contribution in [0.3, 0.4) is 0 Å². The van der Waals surface area contributed by atoms with Crippen LogP contribution in [0.1, 0.15) is 29.6 Å². The molecular formula is C15H16N2O3. The first-order chi connectivity index (χ1) is 9.66. The van der Waals surface area contributed by atoms with Gasteiger partial charge in [0, 0.05) is 30.1 Å². The fraction of sp³-hybridized carbons (Fsp3) is 0.267. The summed E-state index contributed by atoms with van der Waals surface area (Å²) in [5, 5.41) is 11.6. The summed E-state index contributed by atoms with van der Waals surface area (Å²) in [7, 11) is 0. The Balaban J connectivity index is 1.89. The van der Waals surface area contributed by atoms with E-state index in [1.807, 2.05) is 30.3 Å². The maximum Gasteiger partial charge on any atom is 0.404 e. The Kier molecular flexibility index (Phi) is 4.65. The van der Waals surface area contributed by atoms with Crippen LogP contribution in [0.4, 0.5) is 4.79 Å². The Bertz CT molecular complexity index is 625. The molecular weight excluding hydrogens is 256 g/mol. The molecule has 0 aliphatic rings. The average molecular weight is 272 g/mol. The molecule has 0 radical (unpaired) electrons. The van der Waals surface area contributed by atoms with Crippen LogP contribution in [0.25, 0.3) is 10.9 Å². The summed E-state index contributed by atoms with van der Waals surface area (Å²) >= 11 is 0. The Hall–Kier alpha value is -2.43. The number of Topliss-reactive ketones (excluding diaryl/α,β-unsaturated/α-hetero) is 1. The van der Waals surface area contributed by atoms with Gasteiger partial charge in [0.15, 0.2) is 5.78 Å². The maximum atomic E-state index is 12.0. The van der Waals surface area contributed by atoms with Crippen molar-refractivity contribution < 1.29 is 14.7 Å². The number of unbranched alkanes of at least 4 members (excludes halogenated alkanes) is 1. The molecule has 2 rings (SSSR count). The number of fused-ring (bicyclic) bond motifs is 1. The molecule has 1 heterocycles. The number of ketones is 1. The van der Waals surface area contributed by atoms with Crippen molar-refractivity contribution >= 4 is 22.8 Å². The zero-order valence-electron chi connectivity index (χ0n) is 11.0. The van der Waals surface area contributed by atoms with Gasteiger partial charge in [0.1, 0.15) is 0 Å². The molecule has 5 heteroatoms. The van der Waals surface area contributed by atoms with E-state index in [4.69, 9.17) is 5.11 Å². The standard InChI is InChI=1S/C15H16N2O3/c18-14(7-3-4-8-16-15(19)20)12-9-11-5-1-2-6-13(11)17-10-12/h1-2,5-6,9-10,16H,3-4,7-8H2,(H,19,20). The zero-order valence-corrected chi connectivity index (χ0v) is 11.0.